The van der Waals surface area contributed by atoms with Crippen molar-refractivity contribution in [3.63, 3.8) is 0 Å². The Balaban J connectivity index is 2.06. The number of hydrogen-bond acceptors (Lipinski definition) is 3. The Morgan fingerprint density at radius 3 is 2.50 bits per heavy atom. The van der Waals surface area contributed by atoms with Crippen molar-refractivity contribution in [3.05, 3.63) is 53.5 Å². The van der Waals surface area contributed by atoms with E-state index in [9.17, 15) is 8.78 Å². The van der Waals surface area contributed by atoms with Gasteiger partial charge in [0, 0.05) is 12.6 Å². The van der Waals surface area contributed by atoms with Crippen LogP contribution in [0, 0.1) is 11.6 Å². The quantitative estimate of drug-likeness (QED) is 0.803. The van der Waals surface area contributed by atoms with Crippen LogP contribution in [0.3, 0.4) is 0 Å². The van der Waals surface area contributed by atoms with Gasteiger partial charge in [-0.1, -0.05) is 13.8 Å². The lowest BCUT2D eigenvalue weighted by Gasteiger charge is -2.10. The van der Waals surface area contributed by atoms with Gasteiger partial charge < -0.3 is 9.73 Å². The Bertz CT molecular complexity index is 532. The average Bonchev–Trinajstić information content (AvgIpc) is 2.88. The van der Waals surface area contributed by atoms with Crippen LogP contribution in [-0.2, 0) is 12.3 Å². The fourth-order valence-electron chi connectivity index (χ4n) is 1.71. The van der Waals surface area contributed by atoms with Crippen molar-refractivity contribution in [3.8, 4) is 0 Å². The number of benzene rings is 1. The van der Waals surface area contributed by atoms with Gasteiger partial charge in [-0.05, 0) is 29.8 Å². The number of nitrogens with one attached hydrogen (secondary N) is 1. The van der Waals surface area contributed by atoms with Crippen LogP contribution >= 0.6 is 11.8 Å². The molecule has 5 heteroatoms. The fraction of sp³-hybridized carbons (Fsp3) is 0.333. The minimum Gasteiger partial charge on any atom is -0.468 e. The summed E-state index contributed by atoms with van der Waals surface area (Å²) in [5, 5.41) is 3.13. The number of thioether (sulfide) groups is 1. The van der Waals surface area contributed by atoms with Crippen LogP contribution in [0.5, 0.6) is 0 Å². The van der Waals surface area contributed by atoms with Crippen LogP contribution < -0.4 is 5.32 Å². The molecule has 2 nitrogen and oxygen atoms in total. The van der Waals surface area contributed by atoms with Gasteiger partial charge in [0.05, 0.1) is 16.9 Å². The van der Waals surface area contributed by atoms with E-state index in [-0.39, 0.29) is 10.9 Å². The van der Waals surface area contributed by atoms with Gasteiger partial charge in [-0.25, -0.2) is 8.78 Å². The zero-order valence-electron chi connectivity index (χ0n) is 11.5. The first-order valence-electron chi connectivity index (χ1n) is 6.42. The molecule has 0 aliphatic rings. The molecule has 0 aliphatic heterocycles. The third kappa shape index (κ3) is 4.08. The lowest BCUT2D eigenvalue weighted by atomic mass is 10.2. The van der Waals surface area contributed by atoms with Gasteiger partial charge in [0.2, 0.25) is 0 Å². The van der Waals surface area contributed by atoms with Crippen LogP contribution in [0.25, 0.3) is 0 Å². The second-order valence-corrected chi connectivity index (χ2v) is 5.78. The van der Waals surface area contributed by atoms with Crippen LogP contribution in [-0.4, -0.2) is 6.04 Å². The van der Waals surface area contributed by atoms with Crippen LogP contribution in [0.1, 0.15) is 25.2 Å². The van der Waals surface area contributed by atoms with Crippen molar-refractivity contribution < 1.29 is 13.2 Å². The molecule has 0 saturated heterocycles. The van der Waals surface area contributed by atoms with E-state index < -0.39 is 11.6 Å². The second kappa shape index (κ2) is 6.90. The summed E-state index contributed by atoms with van der Waals surface area (Å²) in [6.45, 7) is 4.43. The SMILES string of the molecule is CC(C)NCc1cc(F)c(SCc2ccco2)c(F)c1. The summed E-state index contributed by atoms with van der Waals surface area (Å²) in [6, 6.07) is 6.56. The van der Waals surface area contributed by atoms with Gasteiger partial charge in [-0.2, -0.15) is 0 Å². The van der Waals surface area contributed by atoms with Crippen molar-refractivity contribution >= 4 is 11.8 Å². The molecule has 1 aromatic heterocycles. The average molecular weight is 297 g/mol. The van der Waals surface area contributed by atoms with Gasteiger partial charge in [0.15, 0.2) is 0 Å². The summed E-state index contributed by atoms with van der Waals surface area (Å²) in [5.41, 5.74) is 0.607. The third-order valence-electron chi connectivity index (χ3n) is 2.71. The highest BCUT2D eigenvalue weighted by atomic mass is 32.2. The highest BCUT2D eigenvalue weighted by Gasteiger charge is 2.13. The molecule has 0 aliphatic carbocycles. The van der Waals surface area contributed by atoms with Crippen molar-refractivity contribution in [1.82, 2.24) is 5.32 Å². The van der Waals surface area contributed by atoms with E-state index in [0.29, 0.717) is 23.6 Å². The summed E-state index contributed by atoms with van der Waals surface area (Å²) in [4.78, 5) is 0.0368. The predicted octanol–water partition coefficient (Wildman–Crippen LogP) is 4.35. The van der Waals surface area contributed by atoms with E-state index in [1.54, 1.807) is 18.4 Å². The first-order chi connectivity index (χ1) is 9.56. The molecule has 0 radical (unpaired) electrons. The topological polar surface area (TPSA) is 25.2 Å². The standard InChI is InChI=1S/C15H17F2NOS/c1-10(2)18-8-11-6-13(16)15(14(17)7-11)20-9-12-4-3-5-19-12/h3-7,10,18H,8-9H2,1-2H3. The highest BCUT2D eigenvalue weighted by molar-refractivity contribution is 7.98. The molecule has 0 atom stereocenters. The number of furan rings is 1. The molecule has 108 valence electrons. The van der Waals surface area contributed by atoms with Crippen molar-refractivity contribution in [1.29, 1.82) is 0 Å². The summed E-state index contributed by atoms with van der Waals surface area (Å²) in [7, 11) is 0. The van der Waals surface area contributed by atoms with Gasteiger partial charge in [0.25, 0.3) is 0 Å². The fourth-order valence-corrected chi connectivity index (χ4v) is 2.56. The molecule has 0 saturated carbocycles. The molecule has 0 fully saturated rings. The monoisotopic (exact) mass is 297 g/mol. The molecule has 0 unspecified atom stereocenters. The normalized spacial score (nSPS) is 11.2. The third-order valence-corrected chi connectivity index (χ3v) is 3.82. The minimum atomic E-state index is -0.526. The Kier molecular flexibility index (Phi) is 5.20. The van der Waals surface area contributed by atoms with Crippen LogP contribution in [0.2, 0.25) is 0 Å². The first-order valence-corrected chi connectivity index (χ1v) is 7.41. The molecule has 1 aromatic carbocycles. The van der Waals surface area contributed by atoms with Crippen LogP contribution in [0.4, 0.5) is 8.78 Å². The van der Waals surface area contributed by atoms with Crippen molar-refractivity contribution in [2.75, 3.05) is 0 Å². The second-order valence-electron chi connectivity index (χ2n) is 4.79. The lowest BCUT2D eigenvalue weighted by molar-refractivity contribution is 0.524. The van der Waals surface area contributed by atoms with Gasteiger partial charge in [-0.15, -0.1) is 11.8 Å². The Labute approximate surface area is 121 Å². The highest BCUT2D eigenvalue weighted by Crippen LogP contribution is 2.29. The maximum Gasteiger partial charge on any atom is 0.140 e. The molecular formula is C15H17F2NOS. The number of rotatable bonds is 6. The van der Waals surface area contributed by atoms with E-state index in [0.717, 1.165) is 11.8 Å². The molecule has 2 aromatic rings. The maximum atomic E-state index is 13.9. The molecule has 0 bridgehead atoms. The smallest absolute Gasteiger partial charge is 0.140 e. The summed E-state index contributed by atoms with van der Waals surface area (Å²) in [5.74, 6) is 0.0494. The molecule has 0 amide bonds. The van der Waals surface area contributed by atoms with Gasteiger partial charge >= 0.3 is 0 Å². The van der Waals surface area contributed by atoms with E-state index in [4.69, 9.17) is 4.42 Å². The van der Waals surface area contributed by atoms with Gasteiger partial charge in [0.1, 0.15) is 17.4 Å². The lowest BCUT2D eigenvalue weighted by Crippen LogP contribution is -2.22. The van der Waals surface area contributed by atoms with Gasteiger partial charge in [-0.3, -0.25) is 0 Å². The largest absolute Gasteiger partial charge is 0.468 e. The van der Waals surface area contributed by atoms with E-state index >= 15 is 0 Å². The molecular weight excluding hydrogens is 280 g/mol. The van der Waals surface area contributed by atoms with E-state index in [2.05, 4.69) is 5.32 Å². The predicted molar refractivity (Wildman–Crippen MR) is 76.6 cm³/mol. The summed E-state index contributed by atoms with van der Waals surface area (Å²) < 4.78 is 33.0. The zero-order chi connectivity index (χ0) is 14.5. The molecule has 0 spiro atoms. The first kappa shape index (κ1) is 15.1. The minimum absolute atomic E-state index is 0.0368. The van der Waals surface area contributed by atoms with Crippen molar-refractivity contribution in [2.45, 2.75) is 37.1 Å². The molecule has 1 heterocycles. The Morgan fingerprint density at radius 1 is 1.25 bits per heavy atom. The maximum absolute atomic E-state index is 13.9. The zero-order valence-corrected chi connectivity index (χ0v) is 12.3. The van der Waals surface area contributed by atoms with Crippen LogP contribution in [0.15, 0.2) is 39.8 Å². The number of hydrogen-bond donors (Lipinski definition) is 1. The summed E-state index contributed by atoms with van der Waals surface area (Å²) >= 11 is 1.10. The molecule has 1 N–H and O–H groups in total. The molecule has 20 heavy (non-hydrogen) atoms. The Morgan fingerprint density at radius 2 is 1.95 bits per heavy atom. The molecule has 2 rings (SSSR count). The van der Waals surface area contributed by atoms with E-state index in [1.165, 1.54) is 12.1 Å². The van der Waals surface area contributed by atoms with Crippen molar-refractivity contribution in [2.24, 2.45) is 0 Å². The number of halogens is 2. The van der Waals surface area contributed by atoms with E-state index in [1.807, 2.05) is 13.8 Å². The Hall–Kier alpha value is -1.33. The summed E-state index contributed by atoms with van der Waals surface area (Å²) in [6.07, 6.45) is 1.54.